The number of rotatable bonds is 5. The maximum absolute atomic E-state index is 4.17. The van der Waals surface area contributed by atoms with E-state index in [0.717, 1.165) is 12.8 Å². The molecule has 1 aliphatic rings. The van der Waals surface area contributed by atoms with E-state index in [1.54, 1.807) is 0 Å². The highest BCUT2D eigenvalue weighted by Crippen LogP contribution is 2.40. The van der Waals surface area contributed by atoms with E-state index in [0.29, 0.717) is 0 Å². The Morgan fingerprint density at radius 2 is 1.30 bits per heavy atom. The van der Waals surface area contributed by atoms with Gasteiger partial charge in [0.2, 0.25) is 0 Å². The summed E-state index contributed by atoms with van der Waals surface area (Å²) >= 11 is 0. The third-order valence-corrected chi connectivity index (χ3v) is 8.13. The summed E-state index contributed by atoms with van der Waals surface area (Å²) in [4.78, 5) is 0. The summed E-state index contributed by atoms with van der Waals surface area (Å²) < 4.78 is 2.40. The van der Waals surface area contributed by atoms with E-state index in [1.807, 2.05) is 6.08 Å². The molecule has 3 aromatic carbocycles. The standard InChI is InChI=1S/C36H37N/c1-8-12-31-32-13-10-11-14-34(32)37(33(31)9-2)30-21-19-29(20-22-30)36-26(6)24(4)35(25(5)27(36)7)28-17-15-23(3)16-18-28/h8-10,12-13,15-22H,2,11,14H2,1,3-7H3/b12-8-. The van der Waals surface area contributed by atoms with Gasteiger partial charge >= 0.3 is 0 Å². The fourth-order valence-electron chi connectivity index (χ4n) is 6.05. The number of aromatic nitrogens is 1. The molecule has 1 heteroatoms. The van der Waals surface area contributed by atoms with Gasteiger partial charge in [-0.2, -0.15) is 0 Å². The Labute approximate surface area is 222 Å². The zero-order chi connectivity index (χ0) is 26.3. The van der Waals surface area contributed by atoms with E-state index in [9.17, 15) is 0 Å². The van der Waals surface area contributed by atoms with Crippen LogP contribution in [-0.4, -0.2) is 4.57 Å². The molecule has 1 aromatic heterocycles. The second kappa shape index (κ2) is 9.90. The fraction of sp³-hybridized carbons (Fsp3) is 0.222. The molecule has 1 nitrogen and oxygen atoms in total. The average Bonchev–Trinajstić information content (AvgIpc) is 3.23. The van der Waals surface area contributed by atoms with Gasteiger partial charge in [-0.05, 0) is 117 Å². The molecule has 0 atom stereocenters. The fourth-order valence-corrected chi connectivity index (χ4v) is 6.05. The molecule has 0 fully saturated rings. The lowest BCUT2D eigenvalue weighted by atomic mass is 9.83. The maximum atomic E-state index is 4.17. The second-order valence-corrected chi connectivity index (χ2v) is 10.3. The monoisotopic (exact) mass is 483 g/mol. The highest BCUT2D eigenvalue weighted by molar-refractivity contribution is 5.83. The van der Waals surface area contributed by atoms with Crippen molar-refractivity contribution in [3.8, 4) is 27.9 Å². The molecule has 0 bridgehead atoms. The van der Waals surface area contributed by atoms with Crippen LogP contribution in [0, 0.1) is 34.6 Å². The number of allylic oxidation sites excluding steroid dienone is 2. The molecule has 0 N–H and O–H groups in total. The summed E-state index contributed by atoms with van der Waals surface area (Å²) in [5, 5.41) is 0. The molecular formula is C36H37N. The van der Waals surface area contributed by atoms with Gasteiger partial charge in [0.05, 0.1) is 5.69 Å². The van der Waals surface area contributed by atoms with Crippen LogP contribution in [0.4, 0.5) is 0 Å². The van der Waals surface area contributed by atoms with Gasteiger partial charge in [-0.1, -0.05) is 72.8 Å². The number of benzene rings is 3. The van der Waals surface area contributed by atoms with Crippen LogP contribution in [-0.2, 0) is 6.42 Å². The van der Waals surface area contributed by atoms with E-state index in [4.69, 9.17) is 0 Å². The quantitative estimate of drug-likeness (QED) is 0.266. The molecule has 0 saturated carbocycles. The first-order valence-electron chi connectivity index (χ1n) is 13.3. The molecule has 186 valence electrons. The largest absolute Gasteiger partial charge is 0.313 e. The van der Waals surface area contributed by atoms with E-state index < -0.39 is 0 Å². The summed E-state index contributed by atoms with van der Waals surface area (Å²) in [6, 6.07) is 18.1. The topological polar surface area (TPSA) is 4.93 Å². The zero-order valence-corrected chi connectivity index (χ0v) is 23.1. The first-order chi connectivity index (χ1) is 17.9. The first kappa shape index (κ1) is 24.8. The van der Waals surface area contributed by atoms with Gasteiger partial charge in [-0.3, -0.25) is 0 Å². The Morgan fingerprint density at radius 1 is 0.757 bits per heavy atom. The minimum atomic E-state index is 1.04. The van der Waals surface area contributed by atoms with Gasteiger partial charge in [0.15, 0.2) is 0 Å². The Kier molecular flexibility index (Phi) is 6.65. The van der Waals surface area contributed by atoms with Crippen molar-refractivity contribution in [3.63, 3.8) is 0 Å². The zero-order valence-electron chi connectivity index (χ0n) is 23.1. The Hall–Kier alpha value is -3.84. The highest BCUT2D eigenvalue weighted by atomic mass is 15.0. The minimum absolute atomic E-state index is 1.04. The highest BCUT2D eigenvalue weighted by Gasteiger charge is 2.21. The summed E-state index contributed by atoms with van der Waals surface area (Å²) in [7, 11) is 0. The predicted octanol–water partition coefficient (Wildman–Crippen LogP) is 9.99. The van der Waals surface area contributed by atoms with Gasteiger partial charge in [0, 0.05) is 22.5 Å². The van der Waals surface area contributed by atoms with Gasteiger partial charge in [-0.25, -0.2) is 0 Å². The molecule has 0 unspecified atom stereocenters. The molecule has 0 aliphatic heterocycles. The maximum Gasteiger partial charge on any atom is 0.0531 e. The van der Waals surface area contributed by atoms with Gasteiger partial charge in [-0.15, -0.1) is 0 Å². The molecule has 1 aliphatic carbocycles. The van der Waals surface area contributed by atoms with Crippen molar-refractivity contribution in [3.05, 3.63) is 118 Å². The number of nitrogens with zero attached hydrogens (tertiary/aromatic N) is 1. The SMILES string of the molecule is C=Cc1c(/C=C\C)c2c(n1-c1ccc(-c3c(C)c(C)c(-c4ccc(C)cc4)c(C)c3C)cc1)CCC=C2. The number of hydrogen-bond donors (Lipinski definition) is 0. The van der Waals surface area contributed by atoms with Crippen molar-refractivity contribution in [2.45, 2.75) is 54.4 Å². The second-order valence-electron chi connectivity index (χ2n) is 10.3. The van der Waals surface area contributed by atoms with Crippen LogP contribution >= 0.6 is 0 Å². The lowest BCUT2D eigenvalue weighted by Gasteiger charge is -2.22. The molecule has 37 heavy (non-hydrogen) atoms. The Balaban J connectivity index is 1.62. The average molecular weight is 484 g/mol. The number of hydrogen-bond acceptors (Lipinski definition) is 0. The minimum Gasteiger partial charge on any atom is -0.313 e. The van der Waals surface area contributed by atoms with E-state index in [2.05, 4.69) is 126 Å². The van der Waals surface area contributed by atoms with Crippen molar-refractivity contribution in [1.82, 2.24) is 4.57 Å². The lowest BCUT2D eigenvalue weighted by molar-refractivity contribution is 0.870. The van der Waals surface area contributed by atoms with E-state index in [-0.39, 0.29) is 0 Å². The molecule has 5 rings (SSSR count). The van der Waals surface area contributed by atoms with Crippen molar-refractivity contribution in [2.75, 3.05) is 0 Å². The van der Waals surface area contributed by atoms with Gasteiger partial charge < -0.3 is 4.57 Å². The predicted molar refractivity (Wildman–Crippen MR) is 162 cm³/mol. The Morgan fingerprint density at radius 3 is 1.81 bits per heavy atom. The molecule has 0 radical (unpaired) electrons. The third kappa shape index (κ3) is 4.13. The molecular weight excluding hydrogens is 446 g/mol. The van der Waals surface area contributed by atoms with E-state index in [1.165, 1.54) is 78.3 Å². The molecule has 1 heterocycles. The van der Waals surface area contributed by atoms with Crippen LogP contribution in [0.15, 0.2) is 67.3 Å². The summed E-state index contributed by atoms with van der Waals surface area (Å²) in [6.07, 6.45) is 13.0. The van der Waals surface area contributed by atoms with Gasteiger partial charge in [0.1, 0.15) is 0 Å². The van der Waals surface area contributed by atoms with Crippen molar-refractivity contribution in [1.29, 1.82) is 0 Å². The normalized spacial score (nSPS) is 12.8. The molecule has 0 amide bonds. The van der Waals surface area contributed by atoms with Crippen LogP contribution in [0.3, 0.4) is 0 Å². The third-order valence-electron chi connectivity index (χ3n) is 8.13. The molecule has 4 aromatic rings. The number of fused-ring (bicyclic) bond motifs is 1. The van der Waals surface area contributed by atoms with Crippen LogP contribution in [0.5, 0.6) is 0 Å². The first-order valence-corrected chi connectivity index (χ1v) is 13.3. The van der Waals surface area contributed by atoms with Crippen molar-refractivity contribution in [2.24, 2.45) is 0 Å². The van der Waals surface area contributed by atoms with Gasteiger partial charge in [0.25, 0.3) is 0 Å². The van der Waals surface area contributed by atoms with E-state index >= 15 is 0 Å². The van der Waals surface area contributed by atoms with Crippen LogP contribution < -0.4 is 0 Å². The van der Waals surface area contributed by atoms with Crippen LogP contribution in [0.2, 0.25) is 0 Å². The summed E-state index contributed by atoms with van der Waals surface area (Å²) in [5.41, 5.74) is 18.4. The molecule has 0 saturated heterocycles. The van der Waals surface area contributed by atoms with Crippen molar-refractivity contribution < 1.29 is 0 Å². The summed E-state index contributed by atoms with van der Waals surface area (Å²) in [6.45, 7) is 17.5. The number of aryl methyl sites for hydroxylation is 1. The molecule has 0 spiro atoms. The Bertz CT molecular complexity index is 1520. The summed E-state index contributed by atoms with van der Waals surface area (Å²) in [5.74, 6) is 0. The smallest absolute Gasteiger partial charge is 0.0531 e. The van der Waals surface area contributed by atoms with Crippen LogP contribution in [0.25, 0.3) is 46.2 Å². The van der Waals surface area contributed by atoms with Crippen molar-refractivity contribution >= 4 is 18.2 Å². The van der Waals surface area contributed by atoms with Crippen LogP contribution in [0.1, 0.15) is 63.7 Å². The lowest BCUT2D eigenvalue weighted by Crippen LogP contribution is -2.05.